The number of carbonyl (C=O) groups excluding carboxylic acids is 1. The second-order valence-electron chi connectivity index (χ2n) is 5.35. The van der Waals surface area contributed by atoms with Gasteiger partial charge in [-0.25, -0.2) is 4.79 Å². The highest BCUT2D eigenvalue weighted by Gasteiger charge is 2.25. The maximum absolute atomic E-state index is 11.9. The summed E-state index contributed by atoms with van der Waals surface area (Å²) in [6, 6.07) is 9.32. The molecule has 2 atom stereocenters. The second kappa shape index (κ2) is 6.42. The molecule has 1 N–H and O–H groups in total. The highest BCUT2D eigenvalue weighted by molar-refractivity contribution is 5.84. The molecule has 0 aromatic heterocycles. The minimum Gasteiger partial charge on any atom is -0.441 e. The van der Waals surface area contributed by atoms with Gasteiger partial charge in [-0.1, -0.05) is 36.4 Å². The molecule has 1 amide bonds. The van der Waals surface area contributed by atoms with E-state index in [1.165, 1.54) is 0 Å². The molecule has 1 aromatic rings. The first-order valence-electron chi connectivity index (χ1n) is 6.91. The van der Waals surface area contributed by atoms with Gasteiger partial charge in [-0.15, -0.1) is 0 Å². The predicted molar refractivity (Wildman–Crippen MR) is 81.6 cm³/mol. The lowest BCUT2D eigenvalue weighted by molar-refractivity contribution is 0.113. The molecule has 0 saturated heterocycles. The summed E-state index contributed by atoms with van der Waals surface area (Å²) < 4.78 is 5.53. The largest absolute Gasteiger partial charge is 0.441 e. The first-order chi connectivity index (χ1) is 9.56. The molecule has 106 valence electrons. The normalized spacial score (nSPS) is 21.8. The van der Waals surface area contributed by atoms with Gasteiger partial charge in [0.15, 0.2) is 0 Å². The Bertz CT molecular complexity index is 519. The van der Waals surface area contributed by atoms with Crippen LogP contribution < -0.4 is 5.32 Å². The molecule has 1 aromatic carbocycles. The fourth-order valence-electron chi connectivity index (χ4n) is 2.34. The summed E-state index contributed by atoms with van der Waals surface area (Å²) in [4.78, 5) is 11.9. The molecule has 20 heavy (non-hydrogen) atoms. The first kappa shape index (κ1) is 14.4. The summed E-state index contributed by atoms with van der Waals surface area (Å²) in [6.07, 6.45) is 3.38. The van der Waals surface area contributed by atoms with Crippen LogP contribution in [0.1, 0.15) is 26.7 Å². The van der Waals surface area contributed by atoms with E-state index in [0.717, 1.165) is 29.7 Å². The number of para-hydroxylation sites is 1. The highest BCUT2D eigenvalue weighted by Crippen LogP contribution is 2.30. The van der Waals surface area contributed by atoms with Crippen molar-refractivity contribution in [2.24, 2.45) is 5.92 Å². The maximum atomic E-state index is 11.9. The van der Waals surface area contributed by atoms with Crippen molar-refractivity contribution in [3.05, 3.63) is 54.1 Å². The van der Waals surface area contributed by atoms with Crippen LogP contribution in [0.2, 0.25) is 0 Å². The summed E-state index contributed by atoms with van der Waals surface area (Å²) in [5.41, 5.74) is 3.00. The van der Waals surface area contributed by atoms with E-state index in [2.05, 4.69) is 18.0 Å². The van der Waals surface area contributed by atoms with Gasteiger partial charge in [0.05, 0.1) is 0 Å². The third-order valence-corrected chi connectivity index (χ3v) is 3.70. The number of nitrogens with one attached hydrogen (secondary N) is 1. The third-order valence-electron chi connectivity index (χ3n) is 3.70. The van der Waals surface area contributed by atoms with Gasteiger partial charge in [0, 0.05) is 5.69 Å². The molecule has 0 saturated carbocycles. The molecule has 0 radical (unpaired) electrons. The zero-order valence-electron chi connectivity index (χ0n) is 12.1. The van der Waals surface area contributed by atoms with Crippen molar-refractivity contribution in [1.82, 2.24) is 0 Å². The lowest BCUT2D eigenvalue weighted by atomic mass is 9.84. The Morgan fingerprint density at radius 2 is 2.05 bits per heavy atom. The SMILES string of the molecule is C=C(C)C1CC=C(C)C(OC(=O)Nc2ccccc2)C1. The second-order valence-corrected chi connectivity index (χ2v) is 5.35. The third kappa shape index (κ3) is 3.73. The first-order valence-corrected chi connectivity index (χ1v) is 6.91. The Morgan fingerprint density at radius 3 is 2.70 bits per heavy atom. The van der Waals surface area contributed by atoms with Gasteiger partial charge >= 0.3 is 6.09 Å². The molecule has 0 bridgehead atoms. The Labute approximate surface area is 120 Å². The van der Waals surface area contributed by atoms with Crippen LogP contribution in [0.5, 0.6) is 0 Å². The number of anilines is 1. The van der Waals surface area contributed by atoms with E-state index in [-0.39, 0.29) is 6.10 Å². The van der Waals surface area contributed by atoms with Gasteiger partial charge in [-0.3, -0.25) is 5.32 Å². The molecule has 0 fully saturated rings. The Balaban J connectivity index is 1.95. The summed E-state index contributed by atoms with van der Waals surface area (Å²) in [6.45, 7) is 8.04. The lowest BCUT2D eigenvalue weighted by Gasteiger charge is -2.28. The molecule has 2 unspecified atom stereocenters. The predicted octanol–water partition coefficient (Wildman–Crippen LogP) is 4.54. The molecular formula is C17H21NO2. The molecule has 1 aliphatic carbocycles. The van der Waals surface area contributed by atoms with E-state index < -0.39 is 6.09 Å². The minimum atomic E-state index is -0.406. The van der Waals surface area contributed by atoms with Gasteiger partial charge in [0.25, 0.3) is 0 Å². The zero-order chi connectivity index (χ0) is 14.5. The average molecular weight is 271 g/mol. The smallest absolute Gasteiger partial charge is 0.412 e. The van der Waals surface area contributed by atoms with E-state index >= 15 is 0 Å². The molecule has 0 spiro atoms. The van der Waals surface area contributed by atoms with Crippen LogP contribution in [0, 0.1) is 5.92 Å². The lowest BCUT2D eigenvalue weighted by Crippen LogP contribution is -2.28. The summed E-state index contributed by atoms with van der Waals surface area (Å²) in [5.74, 6) is 0.397. The zero-order valence-corrected chi connectivity index (χ0v) is 12.1. The quantitative estimate of drug-likeness (QED) is 0.820. The maximum Gasteiger partial charge on any atom is 0.412 e. The van der Waals surface area contributed by atoms with Gasteiger partial charge in [-0.05, 0) is 50.3 Å². The number of hydrogen-bond acceptors (Lipinski definition) is 2. The van der Waals surface area contributed by atoms with Crippen molar-refractivity contribution in [2.45, 2.75) is 32.8 Å². The van der Waals surface area contributed by atoms with E-state index in [9.17, 15) is 4.79 Å². The van der Waals surface area contributed by atoms with Crippen molar-refractivity contribution in [3.63, 3.8) is 0 Å². The summed E-state index contributed by atoms with van der Waals surface area (Å²) in [7, 11) is 0. The molecule has 3 heteroatoms. The van der Waals surface area contributed by atoms with Crippen molar-refractivity contribution < 1.29 is 9.53 Å². The standard InChI is InChI=1S/C17H21NO2/c1-12(2)14-10-9-13(3)16(11-14)20-17(19)18-15-7-5-4-6-8-15/h4-9,14,16H,1,10-11H2,2-3H3,(H,18,19). The Hall–Kier alpha value is -2.03. The number of ether oxygens (including phenoxy) is 1. The van der Waals surface area contributed by atoms with Gasteiger partial charge in [-0.2, -0.15) is 0 Å². The van der Waals surface area contributed by atoms with Crippen LogP contribution in [0.4, 0.5) is 10.5 Å². The van der Waals surface area contributed by atoms with Gasteiger partial charge in [0.1, 0.15) is 6.10 Å². The van der Waals surface area contributed by atoms with E-state index in [1.807, 2.05) is 44.2 Å². The van der Waals surface area contributed by atoms with Crippen LogP contribution >= 0.6 is 0 Å². The van der Waals surface area contributed by atoms with Crippen LogP contribution in [-0.4, -0.2) is 12.2 Å². The van der Waals surface area contributed by atoms with Crippen molar-refractivity contribution in [3.8, 4) is 0 Å². The number of hydrogen-bond donors (Lipinski definition) is 1. The summed E-state index contributed by atoms with van der Waals surface area (Å²) >= 11 is 0. The Morgan fingerprint density at radius 1 is 1.35 bits per heavy atom. The van der Waals surface area contributed by atoms with Crippen LogP contribution in [0.25, 0.3) is 0 Å². The molecule has 2 rings (SSSR count). The van der Waals surface area contributed by atoms with Crippen molar-refractivity contribution in [1.29, 1.82) is 0 Å². The molecular weight excluding hydrogens is 250 g/mol. The Kier molecular flexibility index (Phi) is 4.61. The number of carbonyl (C=O) groups is 1. The topological polar surface area (TPSA) is 38.3 Å². The summed E-state index contributed by atoms with van der Waals surface area (Å²) in [5, 5.41) is 2.74. The number of benzene rings is 1. The van der Waals surface area contributed by atoms with Crippen molar-refractivity contribution in [2.75, 3.05) is 5.32 Å². The van der Waals surface area contributed by atoms with E-state index in [0.29, 0.717) is 5.92 Å². The van der Waals surface area contributed by atoms with Gasteiger partial charge < -0.3 is 4.74 Å². The molecule has 0 aliphatic heterocycles. The highest BCUT2D eigenvalue weighted by atomic mass is 16.6. The minimum absolute atomic E-state index is 0.158. The van der Waals surface area contributed by atoms with Crippen molar-refractivity contribution >= 4 is 11.8 Å². The van der Waals surface area contributed by atoms with E-state index in [1.54, 1.807) is 0 Å². The van der Waals surface area contributed by atoms with Gasteiger partial charge in [0.2, 0.25) is 0 Å². The number of amides is 1. The van der Waals surface area contributed by atoms with Crippen LogP contribution in [-0.2, 0) is 4.74 Å². The fraction of sp³-hybridized carbons (Fsp3) is 0.353. The monoisotopic (exact) mass is 271 g/mol. The van der Waals surface area contributed by atoms with Crippen LogP contribution in [0.15, 0.2) is 54.1 Å². The number of allylic oxidation sites excluding steroid dienone is 2. The number of rotatable bonds is 3. The molecule has 1 aliphatic rings. The van der Waals surface area contributed by atoms with E-state index in [4.69, 9.17) is 4.74 Å². The average Bonchev–Trinajstić information content (AvgIpc) is 2.42. The molecule has 3 nitrogen and oxygen atoms in total. The molecule has 0 heterocycles. The fourth-order valence-corrected chi connectivity index (χ4v) is 2.34. The van der Waals surface area contributed by atoms with Crippen LogP contribution in [0.3, 0.4) is 0 Å².